The quantitative estimate of drug-likeness (QED) is 0.459. The molecule has 1 aromatic heterocycles. The molecule has 4 rings (SSSR count). The Morgan fingerprint density at radius 1 is 0.897 bits per heavy atom. The van der Waals surface area contributed by atoms with Crippen molar-refractivity contribution >= 4 is 70.3 Å². The third-order valence-electron chi connectivity index (χ3n) is 4.43. The van der Waals surface area contributed by atoms with Crippen LogP contribution in [0.4, 0.5) is 16.4 Å². The summed E-state index contributed by atoms with van der Waals surface area (Å²) >= 11 is 11.9. The largest absolute Gasteiger partial charge is 0.345 e. The first kappa shape index (κ1) is 20.8. The molecule has 0 spiro atoms. The van der Waals surface area contributed by atoms with Gasteiger partial charge in [0.25, 0.3) is 0 Å². The average molecular weight is 486 g/mol. The summed E-state index contributed by atoms with van der Waals surface area (Å²) in [6.07, 6.45) is 1.74. The van der Waals surface area contributed by atoms with Crippen LogP contribution in [0.2, 0.25) is 10.0 Å². The van der Waals surface area contributed by atoms with Crippen LogP contribution in [0.25, 0.3) is 0 Å². The van der Waals surface area contributed by atoms with Crippen LogP contribution in [-0.2, 0) is 10.0 Å². The fourth-order valence-electron chi connectivity index (χ4n) is 2.98. The molecule has 0 amide bonds. The van der Waals surface area contributed by atoms with Crippen molar-refractivity contribution in [2.75, 3.05) is 18.4 Å². The molecule has 3 aromatic rings. The Morgan fingerprint density at radius 3 is 2.10 bits per heavy atom. The van der Waals surface area contributed by atoms with Crippen LogP contribution < -0.4 is 9.99 Å². The van der Waals surface area contributed by atoms with Crippen LogP contribution in [0.15, 0.2) is 58.4 Å². The molecule has 152 valence electrons. The lowest BCUT2D eigenvalue weighted by Gasteiger charge is -2.16. The summed E-state index contributed by atoms with van der Waals surface area (Å²) in [6.45, 7) is 1.06. The molecule has 0 bridgehead atoms. The lowest BCUT2D eigenvalue weighted by atomic mass is 10.3. The van der Waals surface area contributed by atoms with Crippen molar-refractivity contribution in [3.8, 4) is 0 Å². The first-order chi connectivity index (χ1) is 13.9. The second kappa shape index (κ2) is 8.75. The molecule has 1 saturated heterocycles. The van der Waals surface area contributed by atoms with Crippen LogP contribution in [0.3, 0.4) is 0 Å². The zero-order valence-corrected chi connectivity index (χ0v) is 19.1. The molecule has 0 saturated carbocycles. The highest BCUT2D eigenvalue weighted by Crippen LogP contribution is 2.34. The van der Waals surface area contributed by atoms with Crippen molar-refractivity contribution in [3.63, 3.8) is 0 Å². The van der Waals surface area contributed by atoms with E-state index >= 15 is 0 Å². The van der Waals surface area contributed by atoms with Crippen LogP contribution in [-0.4, -0.2) is 25.8 Å². The molecule has 0 unspecified atom stereocenters. The highest BCUT2D eigenvalue weighted by atomic mass is 35.5. The summed E-state index contributed by atoms with van der Waals surface area (Å²) in [5, 5.41) is 5.00. The van der Waals surface area contributed by atoms with E-state index in [0.717, 1.165) is 18.5 Å². The van der Waals surface area contributed by atoms with Gasteiger partial charge in [0.05, 0.1) is 5.69 Å². The van der Waals surface area contributed by atoms with E-state index in [4.69, 9.17) is 23.2 Å². The summed E-state index contributed by atoms with van der Waals surface area (Å²) in [4.78, 5) is 4.82. The molecule has 2 aromatic carbocycles. The SMILES string of the molecule is O=S(=O)(c1c(Nc2ccc(Cl)cc2)ssc1=Nc1ccc(Cl)cc1)N1CCCC1. The van der Waals surface area contributed by atoms with Gasteiger partial charge in [0.1, 0.15) is 9.67 Å². The third-order valence-corrected chi connectivity index (χ3v) is 9.38. The fourth-order valence-corrected chi connectivity index (χ4v) is 8.09. The summed E-state index contributed by atoms with van der Waals surface area (Å²) in [6, 6.07) is 14.2. The number of anilines is 2. The molecule has 0 radical (unpaired) electrons. The van der Waals surface area contributed by atoms with Crippen molar-refractivity contribution in [3.05, 3.63) is 63.2 Å². The topological polar surface area (TPSA) is 61.8 Å². The second-order valence-electron chi connectivity index (χ2n) is 6.46. The van der Waals surface area contributed by atoms with Crippen LogP contribution in [0.5, 0.6) is 0 Å². The van der Waals surface area contributed by atoms with Crippen molar-refractivity contribution in [1.29, 1.82) is 0 Å². The maximum Gasteiger partial charge on any atom is 0.249 e. The molecule has 1 N–H and O–H groups in total. The molecule has 0 atom stereocenters. The normalized spacial score (nSPS) is 15.7. The minimum Gasteiger partial charge on any atom is -0.345 e. The van der Waals surface area contributed by atoms with Crippen molar-refractivity contribution in [2.24, 2.45) is 4.99 Å². The number of benzene rings is 2. The first-order valence-corrected chi connectivity index (χ1v) is 13.2. The number of hydrogen-bond donors (Lipinski definition) is 1. The Kier molecular flexibility index (Phi) is 6.29. The maximum atomic E-state index is 13.4. The molecule has 10 heteroatoms. The van der Waals surface area contributed by atoms with Gasteiger partial charge < -0.3 is 5.32 Å². The standard InChI is InChI=1S/C19H17Cl2N3O2S3/c20-13-3-7-15(8-4-13)22-18-17(29(25,26)24-11-1-2-12-24)19(28-27-18)23-16-9-5-14(21)6-10-16/h3-10,22H,1-2,11-12H2. The molecule has 1 aliphatic heterocycles. The van der Waals surface area contributed by atoms with Gasteiger partial charge in [-0.25, -0.2) is 13.4 Å². The molecule has 0 aliphatic carbocycles. The average Bonchev–Trinajstić information content (AvgIpc) is 3.37. The number of sulfonamides is 1. The second-order valence-corrected chi connectivity index (χ2v) is 11.3. The van der Waals surface area contributed by atoms with Gasteiger partial charge in [0.2, 0.25) is 10.0 Å². The van der Waals surface area contributed by atoms with E-state index in [0.29, 0.717) is 38.5 Å². The molecular formula is C19H17Cl2N3O2S3. The third kappa shape index (κ3) is 4.68. The van der Waals surface area contributed by atoms with Gasteiger partial charge in [0, 0.05) is 28.8 Å². The van der Waals surface area contributed by atoms with Gasteiger partial charge in [-0.3, -0.25) is 0 Å². The summed E-state index contributed by atoms with van der Waals surface area (Å²) in [5.41, 5.74) is 1.42. The van der Waals surface area contributed by atoms with Gasteiger partial charge in [0.15, 0.2) is 4.90 Å². The molecular weight excluding hydrogens is 469 g/mol. The fraction of sp³-hybridized carbons (Fsp3) is 0.211. The van der Waals surface area contributed by atoms with Crippen molar-refractivity contribution < 1.29 is 8.42 Å². The minimum atomic E-state index is -3.67. The number of rotatable bonds is 5. The zero-order chi connectivity index (χ0) is 20.4. The highest BCUT2D eigenvalue weighted by molar-refractivity contribution is 7.90. The highest BCUT2D eigenvalue weighted by Gasteiger charge is 2.32. The van der Waals surface area contributed by atoms with Gasteiger partial charge in [-0.1, -0.05) is 43.9 Å². The Hall–Kier alpha value is -1.42. The monoisotopic (exact) mass is 485 g/mol. The predicted octanol–water partition coefficient (Wildman–Crippen LogP) is 5.88. The Labute approximate surface area is 186 Å². The Morgan fingerprint density at radius 2 is 1.48 bits per heavy atom. The van der Waals surface area contributed by atoms with E-state index < -0.39 is 10.0 Å². The number of halogens is 2. The lowest BCUT2D eigenvalue weighted by molar-refractivity contribution is 0.477. The van der Waals surface area contributed by atoms with E-state index in [1.165, 1.54) is 25.0 Å². The van der Waals surface area contributed by atoms with E-state index in [1.54, 1.807) is 36.4 Å². The van der Waals surface area contributed by atoms with Gasteiger partial charge in [-0.2, -0.15) is 4.31 Å². The molecule has 2 heterocycles. The van der Waals surface area contributed by atoms with E-state index in [2.05, 4.69) is 10.3 Å². The lowest BCUT2D eigenvalue weighted by Crippen LogP contribution is -2.31. The van der Waals surface area contributed by atoms with Gasteiger partial charge in [-0.05, 0) is 61.4 Å². The summed E-state index contributed by atoms with van der Waals surface area (Å²) in [7, 11) is -0.981. The van der Waals surface area contributed by atoms with E-state index in [-0.39, 0.29) is 4.90 Å². The first-order valence-electron chi connectivity index (χ1n) is 8.90. The van der Waals surface area contributed by atoms with Gasteiger partial charge in [-0.15, -0.1) is 0 Å². The Bertz CT molecular complexity index is 1160. The predicted molar refractivity (Wildman–Crippen MR) is 122 cm³/mol. The molecule has 5 nitrogen and oxygen atoms in total. The van der Waals surface area contributed by atoms with E-state index in [9.17, 15) is 8.42 Å². The number of nitrogens with one attached hydrogen (secondary N) is 1. The maximum absolute atomic E-state index is 13.4. The molecule has 29 heavy (non-hydrogen) atoms. The zero-order valence-electron chi connectivity index (χ0n) is 15.1. The molecule has 1 aliphatic rings. The van der Waals surface area contributed by atoms with Crippen LogP contribution >= 0.6 is 43.9 Å². The minimum absolute atomic E-state index is 0.222. The number of hydrogen-bond acceptors (Lipinski definition) is 6. The van der Waals surface area contributed by atoms with Crippen LogP contribution in [0.1, 0.15) is 12.8 Å². The Balaban J connectivity index is 1.82. The summed E-state index contributed by atoms with van der Waals surface area (Å²) < 4.78 is 28.8. The van der Waals surface area contributed by atoms with Crippen molar-refractivity contribution in [1.82, 2.24) is 4.31 Å². The molecule has 1 fully saturated rings. The van der Waals surface area contributed by atoms with Gasteiger partial charge >= 0.3 is 0 Å². The van der Waals surface area contributed by atoms with E-state index in [1.807, 2.05) is 12.1 Å². The van der Waals surface area contributed by atoms with Crippen molar-refractivity contribution in [2.45, 2.75) is 17.7 Å². The summed E-state index contributed by atoms with van der Waals surface area (Å²) in [5.74, 6) is 0. The number of nitrogens with zero attached hydrogens (tertiary/aromatic N) is 2. The van der Waals surface area contributed by atoms with Crippen LogP contribution in [0, 0.1) is 0 Å². The smallest absolute Gasteiger partial charge is 0.249 e.